The van der Waals surface area contributed by atoms with Crippen molar-refractivity contribution in [1.82, 2.24) is 5.32 Å². The van der Waals surface area contributed by atoms with Crippen molar-refractivity contribution in [3.8, 4) is 0 Å². The number of benzene rings is 1. The third-order valence-corrected chi connectivity index (χ3v) is 3.94. The van der Waals surface area contributed by atoms with Gasteiger partial charge in [0.2, 0.25) is 0 Å². The van der Waals surface area contributed by atoms with Crippen molar-refractivity contribution in [2.24, 2.45) is 0 Å². The monoisotopic (exact) mass is 279 g/mol. The highest BCUT2D eigenvalue weighted by Gasteiger charge is 2.08. The van der Waals surface area contributed by atoms with Crippen LogP contribution in [0.25, 0.3) is 0 Å². The Labute approximate surface area is 110 Å². The van der Waals surface area contributed by atoms with E-state index in [2.05, 4.69) is 5.32 Å². The molecule has 0 aliphatic heterocycles. The second kappa shape index (κ2) is 7.41. The molecule has 1 aromatic rings. The molecular weight excluding hydrogens is 265 g/mol. The third kappa shape index (κ3) is 4.52. The molecule has 1 atom stereocenters. The SMILES string of the molecule is CCNC(CO)CSc1cc(Cl)ccc1Cl. The number of hydrogen-bond donors (Lipinski definition) is 2. The average Bonchev–Trinajstić information content (AvgIpc) is 2.28. The number of aliphatic hydroxyl groups excluding tert-OH is 1. The van der Waals surface area contributed by atoms with Crippen LogP contribution in [0.2, 0.25) is 10.0 Å². The zero-order valence-corrected chi connectivity index (χ0v) is 11.4. The van der Waals surface area contributed by atoms with Crippen LogP contribution >= 0.6 is 35.0 Å². The molecule has 90 valence electrons. The van der Waals surface area contributed by atoms with Crippen LogP contribution in [0.1, 0.15) is 6.92 Å². The largest absolute Gasteiger partial charge is 0.395 e. The van der Waals surface area contributed by atoms with Gasteiger partial charge in [0, 0.05) is 21.7 Å². The molecule has 0 aliphatic carbocycles. The smallest absolute Gasteiger partial charge is 0.0592 e. The van der Waals surface area contributed by atoms with Crippen molar-refractivity contribution in [3.05, 3.63) is 28.2 Å². The number of likely N-dealkylation sites (N-methyl/N-ethyl adjacent to an activating group) is 1. The highest BCUT2D eigenvalue weighted by molar-refractivity contribution is 7.99. The van der Waals surface area contributed by atoms with Gasteiger partial charge in [-0.15, -0.1) is 11.8 Å². The van der Waals surface area contributed by atoms with Gasteiger partial charge < -0.3 is 10.4 Å². The van der Waals surface area contributed by atoms with Crippen LogP contribution < -0.4 is 5.32 Å². The lowest BCUT2D eigenvalue weighted by atomic mass is 10.3. The molecule has 0 aromatic heterocycles. The summed E-state index contributed by atoms with van der Waals surface area (Å²) in [5.74, 6) is 0.768. The molecule has 1 aromatic carbocycles. The number of halogens is 2. The van der Waals surface area contributed by atoms with E-state index in [0.29, 0.717) is 10.0 Å². The van der Waals surface area contributed by atoms with Crippen molar-refractivity contribution in [3.63, 3.8) is 0 Å². The average molecular weight is 280 g/mol. The first-order chi connectivity index (χ1) is 7.67. The van der Waals surface area contributed by atoms with Crippen molar-refractivity contribution < 1.29 is 5.11 Å². The topological polar surface area (TPSA) is 32.3 Å². The van der Waals surface area contributed by atoms with Crippen LogP contribution in [0.5, 0.6) is 0 Å². The van der Waals surface area contributed by atoms with Crippen molar-refractivity contribution in [2.75, 3.05) is 18.9 Å². The highest BCUT2D eigenvalue weighted by Crippen LogP contribution is 2.30. The number of rotatable bonds is 6. The predicted octanol–water partition coefficient (Wildman–Crippen LogP) is 3.06. The molecule has 0 radical (unpaired) electrons. The molecule has 0 saturated heterocycles. The summed E-state index contributed by atoms with van der Waals surface area (Å²) in [7, 11) is 0. The Balaban J connectivity index is 2.55. The van der Waals surface area contributed by atoms with E-state index >= 15 is 0 Å². The van der Waals surface area contributed by atoms with E-state index in [-0.39, 0.29) is 12.6 Å². The minimum absolute atomic E-state index is 0.0880. The molecular formula is C11H15Cl2NOS. The maximum Gasteiger partial charge on any atom is 0.0592 e. The molecule has 2 nitrogen and oxygen atoms in total. The van der Waals surface area contributed by atoms with E-state index in [1.807, 2.05) is 13.0 Å². The fourth-order valence-corrected chi connectivity index (χ4v) is 2.78. The Morgan fingerprint density at radius 2 is 2.19 bits per heavy atom. The fourth-order valence-electron chi connectivity index (χ4n) is 1.24. The quantitative estimate of drug-likeness (QED) is 0.785. The van der Waals surface area contributed by atoms with Gasteiger partial charge in [-0.3, -0.25) is 0 Å². The lowest BCUT2D eigenvalue weighted by Gasteiger charge is -2.14. The van der Waals surface area contributed by atoms with Crippen molar-refractivity contribution in [2.45, 2.75) is 17.9 Å². The van der Waals surface area contributed by atoms with E-state index < -0.39 is 0 Å². The first-order valence-electron chi connectivity index (χ1n) is 5.09. The van der Waals surface area contributed by atoms with Crippen LogP contribution in [-0.2, 0) is 0 Å². The molecule has 16 heavy (non-hydrogen) atoms. The summed E-state index contributed by atoms with van der Waals surface area (Å²) in [6.45, 7) is 2.98. The first-order valence-corrected chi connectivity index (χ1v) is 6.83. The molecule has 0 bridgehead atoms. The normalized spacial score (nSPS) is 12.8. The molecule has 0 aliphatic rings. The zero-order valence-electron chi connectivity index (χ0n) is 9.04. The summed E-state index contributed by atoms with van der Waals surface area (Å²) in [6, 6.07) is 5.48. The molecule has 0 heterocycles. The van der Waals surface area contributed by atoms with Crippen LogP contribution in [0, 0.1) is 0 Å². The fraction of sp³-hybridized carbons (Fsp3) is 0.455. The van der Waals surface area contributed by atoms with Crippen LogP contribution in [0.4, 0.5) is 0 Å². The lowest BCUT2D eigenvalue weighted by molar-refractivity contribution is 0.255. The molecule has 0 saturated carbocycles. The molecule has 1 rings (SSSR count). The molecule has 0 fully saturated rings. The Morgan fingerprint density at radius 3 is 2.81 bits per heavy atom. The molecule has 2 N–H and O–H groups in total. The Morgan fingerprint density at radius 1 is 1.44 bits per heavy atom. The van der Waals surface area contributed by atoms with E-state index in [9.17, 15) is 0 Å². The highest BCUT2D eigenvalue weighted by atomic mass is 35.5. The molecule has 0 amide bonds. The number of hydrogen-bond acceptors (Lipinski definition) is 3. The number of aliphatic hydroxyl groups is 1. The third-order valence-electron chi connectivity index (χ3n) is 2.05. The van der Waals surface area contributed by atoms with Gasteiger partial charge in [-0.2, -0.15) is 0 Å². The minimum Gasteiger partial charge on any atom is -0.395 e. The van der Waals surface area contributed by atoms with Crippen molar-refractivity contribution >= 4 is 35.0 Å². The Bertz CT molecular complexity index is 336. The van der Waals surface area contributed by atoms with Gasteiger partial charge in [0.05, 0.1) is 11.6 Å². The summed E-state index contributed by atoms with van der Waals surface area (Å²) in [6.07, 6.45) is 0. The summed E-state index contributed by atoms with van der Waals surface area (Å²) < 4.78 is 0. The van der Waals surface area contributed by atoms with Gasteiger partial charge >= 0.3 is 0 Å². The molecule has 5 heteroatoms. The standard InChI is InChI=1S/C11H15Cl2NOS/c1-2-14-9(6-15)7-16-11-5-8(12)3-4-10(11)13/h3-5,9,14-15H,2,6-7H2,1H3. The van der Waals surface area contributed by atoms with E-state index in [1.165, 1.54) is 0 Å². The maximum absolute atomic E-state index is 9.12. The number of thioether (sulfide) groups is 1. The van der Waals surface area contributed by atoms with Gasteiger partial charge in [0.1, 0.15) is 0 Å². The van der Waals surface area contributed by atoms with E-state index in [1.54, 1.807) is 23.9 Å². The predicted molar refractivity (Wildman–Crippen MR) is 71.7 cm³/mol. The zero-order chi connectivity index (χ0) is 12.0. The van der Waals surface area contributed by atoms with Crippen LogP contribution in [-0.4, -0.2) is 30.1 Å². The summed E-state index contributed by atoms with van der Waals surface area (Å²) >= 11 is 13.5. The van der Waals surface area contributed by atoms with Crippen LogP contribution in [0.15, 0.2) is 23.1 Å². The van der Waals surface area contributed by atoms with Gasteiger partial charge in [0.25, 0.3) is 0 Å². The van der Waals surface area contributed by atoms with Gasteiger partial charge in [-0.1, -0.05) is 30.1 Å². The molecule has 1 unspecified atom stereocenters. The first kappa shape index (κ1) is 14.1. The Kier molecular flexibility index (Phi) is 6.54. The van der Waals surface area contributed by atoms with Crippen LogP contribution in [0.3, 0.4) is 0 Å². The summed E-state index contributed by atoms with van der Waals surface area (Å²) in [5, 5.41) is 13.7. The van der Waals surface area contributed by atoms with E-state index in [4.69, 9.17) is 28.3 Å². The summed E-state index contributed by atoms with van der Waals surface area (Å²) in [5.41, 5.74) is 0. The maximum atomic E-state index is 9.12. The van der Waals surface area contributed by atoms with Crippen molar-refractivity contribution in [1.29, 1.82) is 0 Å². The second-order valence-electron chi connectivity index (χ2n) is 3.32. The summed E-state index contributed by atoms with van der Waals surface area (Å²) in [4.78, 5) is 0.950. The van der Waals surface area contributed by atoms with E-state index in [0.717, 1.165) is 17.2 Å². The van der Waals surface area contributed by atoms with Gasteiger partial charge in [0.15, 0.2) is 0 Å². The lowest BCUT2D eigenvalue weighted by Crippen LogP contribution is -2.34. The second-order valence-corrected chi connectivity index (χ2v) is 5.23. The van der Waals surface area contributed by atoms with Gasteiger partial charge in [-0.25, -0.2) is 0 Å². The van der Waals surface area contributed by atoms with Gasteiger partial charge in [-0.05, 0) is 24.7 Å². The number of nitrogens with one attached hydrogen (secondary N) is 1. The minimum atomic E-state index is 0.0880. The molecule has 0 spiro atoms. The Hall–Kier alpha value is 0.0700.